The van der Waals surface area contributed by atoms with E-state index in [0.29, 0.717) is 12.0 Å². The van der Waals surface area contributed by atoms with Crippen molar-refractivity contribution in [2.24, 2.45) is 0 Å². The monoisotopic (exact) mass is 387 g/mol. The minimum absolute atomic E-state index is 0.329. The topological polar surface area (TPSA) is 40.6 Å². The van der Waals surface area contributed by atoms with Gasteiger partial charge in [0, 0.05) is 21.3 Å². The van der Waals surface area contributed by atoms with Gasteiger partial charge in [-0.25, -0.2) is 4.98 Å². The highest BCUT2D eigenvalue weighted by molar-refractivity contribution is 14.1. The largest absolute Gasteiger partial charge is 0.497 e. The van der Waals surface area contributed by atoms with E-state index >= 15 is 0 Å². The summed E-state index contributed by atoms with van der Waals surface area (Å²) < 4.78 is 18.9. The number of hydrogen-bond donors (Lipinski definition) is 0. The average Bonchev–Trinajstić information content (AvgIpc) is 3.07. The Hall–Kier alpha value is -0.335. The maximum Gasteiger partial charge on any atom is 0.497 e. The molecule has 1 aromatic heterocycles. The lowest BCUT2D eigenvalue weighted by Gasteiger charge is -2.32. The molecule has 2 fully saturated rings. The highest BCUT2D eigenvalue weighted by Crippen LogP contribution is 2.37. The van der Waals surface area contributed by atoms with Gasteiger partial charge in [0.05, 0.1) is 11.2 Å². The zero-order valence-electron chi connectivity index (χ0n) is 12.3. The van der Waals surface area contributed by atoms with Gasteiger partial charge in [-0.2, -0.15) is 0 Å². The van der Waals surface area contributed by atoms with Gasteiger partial charge < -0.3 is 14.0 Å². The van der Waals surface area contributed by atoms with Crippen molar-refractivity contribution < 1.29 is 14.0 Å². The molecule has 0 spiro atoms. The molecule has 4 nitrogen and oxygen atoms in total. The van der Waals surface area contributed by atoms with Crippen molar-refractivity contribution in [3.05, 3.63) is 15.8 Å². The molecule has 3 rings (SSSR count). The van der Waals surface area contributed by atoms with Crippen LogP contribution in [0.4, 0.5) is 0 Å². The minimum atomic E-state index is -0.366. The average molecular weight is 387 g/mol. The Balaban J connectivity index is 1.80. The van der Waals surface area contributed by atoms with Crippen LogP contribution in [0, 0.1) is 3.57 Å². The smallest absolute Gasteiger partial charge is 0.474 e. The predicted molar refractivity (Wildman–Crippen MR) is 86.3 cm³/mol. The quantitative estimate of drug-likeness (QED) is 0.591. The van der Waals surface area contributed by atoms with Crippen molar-refractivity contribution >= 4 is 35.2 Å². The molecule has 0 amide bonds. The molecule has 6 heteroatoms. The highest BCUT2D eigenvalue weighted by atomic mass is 127. The van der Waals surface area contributed by atoms with Crippen LogP contribution in [0.2, 0.25) is 0 Å². The van der Waals surface area contributed by atoms with Crippen LogP contribution in [0.5, 0.6) is 5.88 Å². The van der Waals surface area contributed by atoms with Gasteiger partial charge in [-0.15, -0.1) is 0 Å². The molecule has 0 aromatic carbocycles. The van der Waals surface area contributed by atoms with Crippen LogP contribution in [0.25, 0.3) is 0 Å². The predicted octanol–water partition coefficient (Wildman–Crippen LogP) is 2.53. The molecule has 0 unspecified atom stereocenters. The first-order valence-corrected chi connectivity index (χ1v) is 8.04. The Morgan fingerprint density at radius 3 is 2.35 bits per heavy atom. The van der Waals surface area contributed by atoms with Crippen molar-refractivity contribution in [1.29, 1.82) is 0 Å². The van der Waals surface area contributed by atoms with Crippen LogP contribution in [-0.4, -0.2) is 29.4 Å². The third-order valence-corrected chi connectivity index (χ3v) is 5.11. The van der Waals surface area contributed by atoms with Crippen LogP contribution < -0.4 is 10.2 Å². The van der Waals surface area contributed by atoms with Gasteiger partial charge in [-0.05, 0) is 63.1 Å². The summed E-state index contributed by atoms with van der Waals surface area (Å²) in [6, 6.07) is 1.96. The number of pyridine rings is 1. The van der Waals surface area contributed by atoms with Crippen molar-refractivity contribution in [2.45, 2.75) is 57.8 Å². The van der Waals surface area contributed by atoms with Gasteiger partial charge in [0.1, 0.15) is 6.10 Å². The Bertz CT molecular complexity index is 515. The summed E-state index contributed by atoms with van der Waals surface area (Å²) in [7, 11) is -0.366. The van der Waals surface area contributed by atoms with Crippen LogP contribution in [0.3, 0.4) is 0 Å². The molecule has 108 valence electrons. The lowest BCUT2D eigenvalue weighted by Crippen LogP contribution is -2.41. The summed E-state index contributed by atoms with van der Waals surface area (Å²) in [5.41, 5.74) is 0.306. The molecule has 1 saturated heterocycles. The molecule has 0 bridgehead atoms. The normalized spacial score (nSPS) is 23.9. The lowest BCUT2D eigenvalue weighted by molar-refractivity contribution is 0.00578. The zero-order valence-corrected chi connectivity index (χ0v) is 14.4. The standard InChI is InChI=1S/C14H19BINO3/c1-13(2)14(3,4)20-15(19-13)10-8-17-12(7-11(10)16)18-9-5-6-9/h7-9H,5-6H2,1-4H3. The first-order valence-electron chi connectivity index (χ1n) is 6.96. The number of halogens is 1. The van der Waals surface area contributed by atoms with Crippen LogP contribution >= 0.6 is 22.6 Å². The molecule has 0 N–H and O–H groups in total. The Morgan fingerprint density at radius 1 is 1.25 bits per heavy atom. The van der Waals surface area contributed by atoms with Crippen molar-refractivity contribution in [3.63, 3.8) is 0 Å². The van der Waals surface area contributed by atoms with E-state index in [-0.39, 0.29) is 18.3 Å². The third-order valence-electron chi connectivity index (χ3n) is 4.18. The fourth-order valence-corrected chi connectivity index (χ4v) is 2.65. The Kier molecular flexibility index (Phi) is 3.54. The molecular weight excluding hydrogens is 368 g/mol. The zero-order chi connectivity index (χ0) is 14.5. The van der Waals surface area contributed by atoms with Gasteiger partial charge in [0.25, 0.3) is 0 Å². The van der Waals surface area contributed by atoms with Crippen LogP contribution in [0.15, 0.2) is 12.3 Å². The van der Waals surface area contributed by atoms with E-state index < -0.39 is 0 Å². The van der Waals surface area contributed by atoms with Crippen molar-refractivity contribution in [1.82, 2.24) is 4.98 Å². The Labute approximate surface area is 133 Å². The third kappa shape index (κ3) is 2.70. The fourth-order valence-electron chi connectivity index (χ4n) is 1.99. The molecule has 20 heavy (non-hydrogen) atoms. The second-order valence-electron chi connectivity index (χ2n) is 6.45. The Morgan fingerprint density at radius 2 is 1.85 bits per heavy atom. The van der Waals surface area contributed by atoms with E-state index in [0.717, 1.165) is 21.9 Å². The molecule has 1 aliphatic heterocycles. The molecule has 2 aliphatic rings. The SMILES string of the molecule is CC1(C)OB(c2cnc(OC3CC3)cc2I)OC1(C)C. The van der Waals surface area contributed by atoms with Gasteiger partial charge in [0.15, 0.2) is 0 Å². The minimum Gasteiger partial charge on any atom is -0.474 e. The summed E-state index contributed by atoms with van der Waals surface area (Å²) in [4.78, 5) is 4.37. The number of aromatic nitrogens is 1. The molecule has 1 saturated carbocycles. The molecular formula is C14H19BINO3. The summed E-state index contributed by atoms with van der Waals surface area (Å²) in [5, 5.41) is 0. The van der Waals surface area contributed by atoms with E-state index in [4.69, 9.17) is 14.0 Å². The van der Waals surface area contributed by atoms with Gasteiger partial charge >= 0.3 is 7.12 Å². The molecule has 0 atom stereocenters. The lowest BCUT2D eigenvalue weighted by atomic mass is 9.80. The van der Waals surface area contributed by atoms with E-state index in [9.17, 15) is 0 Å². The van der Waals surface area contributed by atoms with E-state index in [1.165, 1.54) is 0 Å². The van der Waals surface area contributed by atoms with Crippen LogP contribution in [-0.2, 0) is 9.31 Å². The first-order chi connectivity index (χ1) is 9.28. The second kappa shape index (κ2) is 4.85. The van der Waals surface area contributed by atoms with E-state index in [1.807, 2.05) is 12.3 Å². The van der Waals surface area contributed by atoms with Gasteiger partial charge in [0.2, 0.25) is 5.88 Å². The summed E-state index contributed by atoms with van der Waals surface area (Å²) in [5.74, 6) is 0.692. The number of ether oxygens (including phenoxy) is 1. The maximum absolute atomic E-state index is 6.06. The summed E-state index contributed by atoms with van der Waals surface area (Å²) in [6.07, 6.45) is 4.44. The van der Waals surface area contributed by atoms with Crippen molar-refractivity contribution in [3.8, 4) is 5.88 Å². The second-order valence-corrected chi connectivity index (χ2v) is 7.61. The molecule has 1 aromatic rings. The molecule has 1 aliphatic carbocycles. The first kappa shape index (κ1) is 14.6. The van der Waals surface area contributed by atoms with E-state index in [2.05, 4.69) is 55.3 Å². The fraction of sp³-hybridized carbons (Fsp3) is 0.643. The highest BCUT2D eigenvalue weighted by Gasteiger charge is 2.52. The molecule has 2 heterocycles. The van der Waals surface area contributed by atoms with Crippen molar-refractivity contribution in [2.75, 3.05) is 0 Å². The van der Waals surface area contributed by atoms with Gasteiger partial charge in [-0.3, -0.25) is 0 Å². The number of rotatable bonds is 3. The number of hydrogen-bond acceptors (Lipinski definition) is 4. The summed E-state index contributed by atoms with van der Waals surface area (Å²) >= 11 is 2.29. The summed E-state index contributed by atoms with van der Waals surface area (Å²) in [6.45, 7) is 8.21. The maximum atomic E-state index is 6.06. The van der Waals surface area contributed by atoms with Crippen LogP contribution in [0.1, 0.15) is 40.5 Å². The van der Waals surface area contributed by atoms with E-state index in [1.54, 1.807) is 0 Å². The number of nitrogens with zero attached hydrogens (tertiary/aromatic N) is 1. The van der Waals surface area contributed by atoms with Gasteiger partial charge in [-0.1, -0.05) is 0 Å². The molecule has 0 radical (unpaired) electrons.